The van der Waals surface area contributed by atoms with E-state index in [9.17, 15) is 29.7 Å². The van der Waals surface area contributed by atoms with Gasteiger partial charge in [-0.25, -0.2) is 0 Å². The summed E-state index contributed by atoms with van der Waals surface area (Å²) in [5.74, 6) is -2.17. The molecular weight excluding hydrogens is 700 g/mol. The van der Waals surface area contributed by atoms with Gasteiger partial charge in [0.1, 0.15) is 28.6 Å². The number of aliphatic hydroxyl groups excluding tert-OH is 1. The van der Waals surface area contributed by atoms with Gasteiger partial charge in [-0.05, 0) is 90.6 Å². The van der Waals surface area contributed by atoms with Crippen LogP contribution < -0.4 is 20.8 Å². The van der Waals surface area contributed by atoms with Gasteiger partial charge in [0.25, 0.3) is 5.91 Å². The first-order valence-electron chi connectivity index (χ1n) is 19.9. The molecule has 0 aliphatic carbocycles. The van der Waals surface area contributed by atoms with Gasteiger partial charge in [-0.2, -0.15) is 0 Å². The van der Waals surface area contributed by atoms with Gasteiger partial charge in [0, 0.05) is 42.3 Å². The number of nitrogens with zero attached hydrogens (tertiary/aromatic N) is 3. The number of rotatable bonds is 1. The van der Waals surface area contributed by atoms with Gasteiger partial charge in [0.05, 0.1) is 22.4 Å². The number of phenolic OH excluding ortho intramolecular Hbond substituents is 2. The number of carbonyl (C=O) groups is 3. The molecule has 0 aromatic heterocycles. The van der Waals surface area contributed by atoms with Gasteiger partial charge in [-0.1, -0.05) is 45.9 Å². The number of hydrogen-bond donors (Lipinski definition) is 4. The smallest absolute Gasteiger partial charge is 0.302 e. The number of phenols is 2. The Morgan fingerprint density at radius 3 is 2.40 bits per heavy atom. The van der Waals surface area contributed by atoms with Crippen molar-refractivity contribution < 1.29 is 39.2 Å². The number of allylic oxidation sites excluding steroid dienone is 3. The molecule has 12 heteroatoms. The zero-order chi connectivity index (χ0) is 40.1. The second-order valence-corrected chi connectivity index (χ2v) is 17.0. The summed E-state index contributed by atoms with van der Waals surface area (Å²) in [5, 5.41) is 39.1. The number of carbonyl (C=O) groups excluding carboxylic acids is 3. The maximum absolute atomic E-state index is 14.7. The van der Waals surface area contributed by atoms with Crippen LogP contribution in [0.3, 0.4) is 0 Å². The maximum atomic E-state index is 14.7. The van der Waals surface area contributed by atoms with Gasteiger partial charge in [0.15, 0.2) is 17.0 Å². The molecule has 4 aliphatic rings. The molecule has 4 bridgehead atoms. The first-order valence-corrected chi connectivity index (χ1v) is 19.9. The molecule has 0 radical (unpaired) electrons. The molecule has 1 amide bonds. The lowest BCUT2D eigenvalue weighted by molar-refractivity contribution is -0.156. The van der Waals surface area contributed by atoms with E-state index in [1.165, 1.54) is 6.92 Å². The molecule has 4 N–H and O–H groups in total. The van der Waals surface area contributed by atoms with Crippen molar-refractivity contribution in [2.45, 2.75) is 124 Å². The summed E-state index contributed by atoms with van der Waals surface area (Å²) in [6.07, 6.45) is 8.34. The van der Waals surface area contributed by atoms with Crippen LogP contribution in [0.4, 0.5) is 5.69 Å². The standard InChI is InChI=1S/C43H58N4O8/c1-22-13-10-14-24(3)41(53)44-34-33-32(45-43(46-33)17-12-19-47(9)20-18-43)29-30(37(34)51)36(50)27(6)39-31(29)40(52)42(8,55-39)16-11-15-23(2)38(54-28(7)48)26(5)35(49)25(4)21-22/h10,13-14,22-23,25-26,35,38,49-51H,11-12,15-21H2,1-9H3,(H,44,53)/b13-10+,24-14-/t22-,23+,25+,26+,35+,38+,42+,43+/m0/s1. The van der Waals surface area contributed by atoms with E-state index in [1.54, 1.807) is 26.8 Å². The Morgan fingerprint density at radius 2 is 1.69 bits per heavy atom. The van der Waals surface area contributed by atoms with E-state index in [-0.39, 0.29) is 73.9 Å². The third-order valence-electron chi connectivity index (χ3n) is 12.5. The molecular formula is C43H58N4O8. The number of amides is 1. The largest absolute Gasteiger partial charge is 0.507 e. The summed E-state index contributed by atoms with van der Waals surface area (Å²) in [6, 6.07) is 0. The van der Waals surface area contributed by atoms with Crippen LogP contribution in [-0.2, 0) is 14.3 Å². The molecule has 4 heterocycles. The fraction of sp³-hybridized carbons (Fsp3) is 0.605. The zero-order valence-corrected chi connectivity index (χ0v) is 33.8. The number of aromatic hydroxyl groups is 2. The summed E-state index contributed by atoms with van der Waals surface area (Å²) in [7, 11) is 2.05. The van der Waals surface area contributed by atoms with E-state index in [0.717, 1.165) is 19.5 Å². The van der Waals surface area contributed by atoms with Crippen molar-refractivity contribution in [1.29, 1.82) is 0 Å². The van der Waals surface area contributed by atoms with E-state index in [2.05, 4.69) is 17.3 Å². The number of anilines is 1. The molecule has 2 aromatic carbocycles. The van der Waals surface area contributed by atoms with Gasteiger partial charge in [-0.15, -0.1) is 0 Å². The fourth-order valence-corrected chi connectivity index (χ4v) is 9.12. The highest BCUT2D eigenvalue weighted by Gasteiger charge is 2.48. The minimum atomic E-state index is -1.31. The van der Waals surface area contributed by atoms with Crippen molar-refractivity contribution in [1.82, 2.24) is 4.90 Å². The molecule has 0 unspecified atom stereocenters. The van der Waals surface area contributed by atoms with E-state index in [1.807, 2.05) is 39.8 Å². The lowest BCUT2D eigenvalue weighted by Gasteiger charge is -2.35. The second-order valence-electron chi connectivity index (χ2n) is 17.0. The number of Topliss-reactive ketones (excluding diaryl/α,β-unsaturated/α-hetero) is 1. The average molecular weight is 759 g/mol. The van der Waals surface area contributed by atoms with Crippen LogP contribution in [0.15, 0.2) is 33.8 Å². The third kappa shape index (κ3) is 7.51. The minimum absolute atomic E-state index is 0.0153. The third-order valence-corrected chi connectivity index (χ3v) is 12.5. The number of fused-ring (bicyclic) bond motifs is 1. The highest BCUT2D eigenvalue weighted by atomic mass is 16.5. The Labute approximate surface area is 323 Å². The molecule has 1 fully saturated rings. The number of benzene rings is 2. The quantitative estimate of drug-likeness (QED) is 0.207. The first kappa shape index (κ1) is 40.4. The van der Waals surface area contributed by atoms with Gasteiger partial charge in [-0.3, -0.25) is 24.4 Å². The van der Waals surface area contributed by atoms with E-state index < -0.39 is 41.1 Å². The summed E-state index contributed by atoms with van der Waals surface area (Å²) >= 11 is 0. The van der Waals surface area contributed by atoms with Crippen LogP contribution in [0, 0.1) is 30.6 Å². The van der Waals surface area contributed by atoms with Crippen molar-refractivity contribution in [3.05, 3.63) is 45.6 Å². The topological polar surface area (TPSA) is 170 Å². The predicted molar refractivity (Wildman–Crippen MR) is 210 cm³/mol. The van der Waals surface area contributed by atoms with Crippen LogP contribution >= 0.6 is 0 Å². The molecule has 1 spiro atoms. The lowest BCUT2D eigenvalue weighted by atomic mass is 9.79. The average Bonchev–Trinajstić information content (AvgIpc) is 3.55. The molecule has 2 aromatic rings. The van der Waals surface area contributed by atoms with Crippen LogP contribution in [-0.4, -0.2) is 81.5 Å². The Bertz CT molecular complexity index is 2090. The van der Waals surface area contributed by atoms with Crippen LogP contribution in [0.5, 0.6) is 17.2 Å². The summed E-state index contributed by atoms with van der Waals surface area (Å²) in [5.41, 5.74) is -1.27. The number of ketones is 1. The number of ether oxygens (including phenoxy) is 2. The summed E-state index contributed by atoms with van der Waals surface area (Å²) in [4.78, 5) is 53.4. The van der Waals surface area contributed by atoms with Crippen molar-refractivity contribution in [2.75, 3.05) is 25.5 Å². The summed E-state index contributed by atoms with van der Waals surface area (Å²) < 4.78 is 12.4. The molecule has 55 heavy (non-hydrogen) atoms. The molecule has 1 saturated heterocycles. The predicted octanol–water partition coefficient (Wildman–Crippen LogP) is 5.81. The second kappa shape index (κ2) is 15.3. The minimum Gasteiger partial charge on any atom is -0.507 e. The van der Waals surface area contributed by atoms with Gasteiger partial charge in [0.2, 0.25) is 5.78 Å². The van der Waals surface area contributed by atoms with Crippen LogP contribution in [0.1, 0.15) is 109 Å². The molecule has 8 atom stereocenters. The fourth-order valence-electron chi connectivity index (χ4n) is 9.12. The Morgan fingerprint density at radius 1 is 0.982 bits per heavy atom. The van der Waals surface area contributed by atoms with Crippen molar-refractivity contribution in [3.8, 4) is 17.2 Å². The van der Waals surface area contributed by atoms with Crippen molar-refractivity contribution >= 4 is 34.1 Å². The molecule has 4 aliphatic heterocycles. The van der Waals surface area contributed by atoms with Crippen molar-refractivity contribution in [2.24, 2.45) is 33.7 Å². The Kier molecular flexibility index (Phi) is 11.3. The maximum Gasteiger partial charge on any atom is 0.302 e. The van der Waals surface area contributed by atoms with E-state index >= 15 is 0 Å². The number of nitrogens with one attached hydrogen (secondary N) is 1. The molecule has 6 rings (SSSR count). The summed E-state index contributed by atoms with van der Waals surface area (Å²) in [6.45, 7) is 16.0. The molecule has 0 saturated carbocycles. The molecule has 12 nitrogen and oxygen atoms in total. The first-order chi connectivity index (χ1) is 25.9. The van der Waals surface area contributed by atoms with E-state index in [4.69, 9.17) is 19.5 Å². The SMILES string of the molecule is CC(=O)O[C@H]1[C@H](C)[C@H](O)[C@H](C)C[C@@H](C)/C=C/C=C(/C)C(=O)Nc2c(O)c3c(O)c(C)c4c(c3c3c2=N[C@@]2(CCCN(C)CC2)N=3)C(=O)[C@@](C)(CCC[C@H]1C)O4. The Balaban J connectivity index is 1.53. The van der Waals surface area contributed by atoms with Crippen molar-refractivity contribution in [3.63, 3.8) is 0 Å². The highest BCUT2D eigenvalue weighted by molar-refractivity contribution is 6.20. The number of hydrogen-bond acceptors (Lipinski definition) is 11. The highest BCUT2D eigenvalue weighted by Crippen LogP contribution is 2.50. The van der Waals surface area contributed by atoms with E-state index in [0.29, 0.717) is 49.5 Å². The zero-order valence-electron chi connectivity index (χ0n) is 33.8. The number of aliphatic hydroxyl groups is 1. The number of esters is 1. The normalized spacial score (nSPS) is 33.7. The number of likely N-dealkylation sites (tertiary alicyclic amines) is 1. The van der Waals surface area contributed by atoms with Crippen LogP contribution in [0.2, 0.25) is 0 Å². The van der Waals surface area contributed by atoms with Gasteiger partial charge >= 0.3 is 5.97 Å². The lowest BCUT2D eigenvalue weighted by Crippen LogP contribution is -2.41. The molecule has 298 valence electrons. The van der Waals surface area contributed by atoms with Gasteiger partial charge < -0.3 is 35.0 Å². The van der Waals surface area contributed by atoms with Crippen LogP contribution in [0.25, 0.3) is 10.8 Å². The monoisotopic (exact) mass is 758 g/mol. The Hall–Kier alpha value is -4.29.